The standard InChI is InChI=1S/C8H8ClNO4S/c9-8(15(13)14)5-6-2-1-3-7(4-6)10(11)12/h1-4,8H,5H2,(H,13,14). The minimum absolute atomic E-state index is 0.0555. The van der Waals surface area contributed by atoms with Crippen molar-refractivity contribution in [2.45, 2.75) is 11.1 Å². The van der Waals surface area contributed by atoms with Crippen molar-refractivity contribution in [1.29, 1.82) is 0 Å². The second-order valence-electron chi connectivity index (χ2n) is 2.82. The predicted molar refractivity (Wildman–Crippen MR) is 57.2 cm³/mol. The lowest BCUT2D eigenvalue weighted by Crippen LogP contribution is -2.09. The molecule has 1 aromatic carbocycles. The number of nitro benzene ring substituents is 1. The van der Waals surface area contributed by atoms with Gasteiger partial charge in [0.05, 0.1) is 4.92 Å². The van der Waals surface area contributed by atoms with Crippen molar-refractivity contribution in [3.8, 4) is 0 Å². The van der Waals surface area contributed by atoms with Crippen LogP contribution in [-0.4, -0.2) is 18.4 Å². The zero-order valence-corrected chi connectivity index (χ0v) is 9.07. The Kier molecular flexibility index (Phi) is 4.19. The third-order valence-electron chi connectivity index (χ3n) is 1.74. The largest absolute Gasteiger partial charge is 0.305 e. The van der Waals surface area contributed by atoms with E-state index in [2.05, 4.69) is 0 Å². The molecule has 0 bridgehead atoms. The van der Waals surface area contributed by atoms with Gasteiger partial charge in [-0.2, -0.15) is 0 Å². The molecule has 0 fully saturated rings. The summed E-state index contributed by atoms with van der Waals surface area (Å²) in [7, 11) is 0. The van der Waals surface area contributed by atoms with Crippen molar-refractivity contribution in [2.24, 2.45) is 0 Å². The Balaban J connectivity index is 2.82. The summed E-state index contributed by atoms with van der Waals surface area (Å²) in [6.07, 6.45) is 0.117. The van der Waals surface area contributed by atoms with E-state index in [0.29, 0.717) is 5.56 Å². The first-order chi connectivity index (χ1) is 7.00. The van der Waals surface area contributed by atoms with Gasteiger partial charge in [0.15, 0.2) is 11.1 Å². The minimum atomic E-state index is -2.13. The van der Waals surface area contributed by atoms with Crippen molar-refractivity contribution in [1.82, 2.24) is 0 Å². The van der Waals surface area contributed by atoms with Crippen molar-refractivity contribution in [2.75, 3.05) is 0 Å². The molecule has 5 nitrogen and oxygen atoms in total. The number of hydrogen-bond donors (Lipinski definition) is 1. The molecule has 0 heterocycles. The number of benzene rings is 1. The van der Waals surface area contributed by atoms with Crippen LogP contribution < -0.4 is 0 Å². The molecule has 0 saturated heterocycles. The Labute approximate surface area is 93.5 Å². The summed E-state index contributed by atoms with van der Waals surface area (Å²) in [5.74, 6) is 0. The van der Waals surface area contributed by atoms with Crippen LogP contribution in [0.15, 0.2) is 24.3 Å². The monoisotopic (exact) mass is 249 g/mol. The third-order valence-corrected chi connectivity index (χ3v) is 2.95. The van der Waals surface area contributed by atoms with E-state index in [1.54, 1.807) is 6.07 Å². The lowest BCUT2D eigenvalue weighted by Gasteiger charge is -2.04. The molecule has 0 radical (unpaired) electrons. The fourth-order valence-corrected chi connectivity index (χ4v) is 1.57. The molecular weight excluding hydrogens is 242 g/mol. The summed E-state index contributed by atoms with van der Waals surface area (Å²) in [5, 5.41) is 10.4. The fraction of sp³-hybridized carbons (Fsp3) is 0.250. The summed E-state index contributed by atoms with van der Waals surface area (Å²) < 4.78 is 18.3. The normalized spacial score (nSPS) is 14.5. The highest BCUT2D eigenvalue weighted by Gasteiger charge is 2.13. The molecule has 1 rings (SSSR count). The van der Waals surface area contributed by atoms with Crippen molar-refractivity contribution in [3.63, 3.8) is 0 Å². The van der Waals surface area contributed by atoms with E-state index in [-0.39, 0.29) is 12.1 Å². The Morgan fingerprint density at radius 1 is 1.60 bits per heavy atom. The number of hydrogen-bond acceptors (Lipinski definition) is 3. The smallest absolute Gasteiger partial charge is 0.269 e. The van der Waals surface area contributed by atoms with Crippen LogP contribution in [0, 0.1) is 10.1 Å². The Bertz CT molecular complexity index is 398. The average Bonchev–Trinajstić information content (AvgIpc) is 2.18. The zero-order chi connectivity index (χ0) is 11.4. The highest BCUT2D eigenvalue weighted by atomic mass is 35.5. The highest BCUT2D eigenvalue weighted by molar-refractivity contribution is 7.81. The van der Waals surface area contributed by atoms with E-state index >= 15 is 0 Å². The Morgan fingerprint density at radius 2 is 2.27 bits per heavy atom. The first-order valence-electron chi connectivity index (χ1n) is 3.98. The lowest BCUT2D eigenvalue weighted by atomic mass is 10.1. The van der Waals surface area contributed by atoms with E-state index in [1.165, 1.54) is 18.2 Å². The van der Waals surface area contributed by atoms with Crippen molar-refractivity contribution < 1.29 is 13.7 Å². The molecule has 0 aliphatic carbocycles. The van der Waals surface area contributed by atoms with E-state index in [4.69, 9.17) is 16.2 Å². The van der Waals surface area contributed by atoms with Gasteiger partial charge in [-0.1, -0.05) is 12.1 Å². The van der Waals surface area contributed by atoms with Crippen LogP contribution >= 0.6 is 11.6 Å². The van der Waals surface area contributed by atoms with Crippen LogP contribution in [0.2, 0.25) is 0 Å². The van der Waals surface area contributed by atoms with Crippen LogP contribution in [0.5, 0.6) is 0 Å². The van der Waals surface area contributed by atoms with Crippen LogP contribution in [0.4, 0.5) is 5.69 Å². The molecule has 0 aliphatic rings. The van der Waals surface area contributed by atoms with Gasteiger partial charge >= 0.3 is 0 Å². The number of nitro groups is 1. The van der Waals surface area contributed by atoms with Gasteiger partial charge in [-0.15, -0.1) is 11.6 Å². The van der Waals surface area contributed by atoms with E-state index in [9.17, 15) is 14.3 Å². The molecule has 0 amide bonds. The number of nitrogens with zero attached hydrogens (tertiary/aromatic N) is 1. The molecule has 0 spiro atoms. The third kappa shape index (κ3) is 3.58. The molecule has 15 heavy (non-hydrogen) atoms. The first kappa shape index (κ1) is 12.1. The molecular formula is C8H8ClNO4S. The number of non-ortho nitro benzene ring substituents is 1. The van der Waals surface area contributed by atoms with Crippen LogP contribution in [-0.2, 0) is 17.5 Å². The summed E-state index contributed by atoms with van der Waals surface area (Å²) in [6, 6.07) is 5.82. The van der Waals surface area contributed by atoms with Gasteiger partial charge in [0.25, 0.3) is 5.69 Å². The van der Waals surface area contributed by atoms with E-state index in [0.717, 1.165) is 0 Å². The number of alkyl halides is 1. The van der Waals surface area contributed by atoms with Gasteiger partial charge in [0, 0.05) is 18.6 Å². The maximum Gasteiger partial charge on any atom is 0.269 e. The summed E-state index contributed by atoms with van der Waals surface area (Å²) in [6.45, 7) is 0. The number of halogens is 1. The van der Waals surface area contributed by atoms with Gasteiger partial charge in [-0.25, -0.2) is 4.21 Å². The Morgan fingerprint density at radius 3 is 2.80 bits per heavy atom. The second kappa shape index (κ2) is 5.20. The quantitative estimate of drug-likeness (QED) is 0.383. The van der Waals surface area contributed by atoms with E-state index < -0.39 is 20.7 Å². The first-order valence-corrected chi connectivity index (χ1v) is 5.58. The fourth-order valence-electron chi connectivity index (χ4n) is 1.05. The number of rotatable bonds is 4. The molecule has 0 aliphatic heterocycles. The molecule has 82 valence electrons. The average molecular weight is 250 g/mol. The maximum atomic E-state index is 10.6. The summed E-state index contributed by atoms with van der Waals surface area (Å²) in [4.78, 5) is 9.91. The molecule has 1 aromatic rings. The van der Waals surface area contributed by atoms with Gasteiger partial charge in [-0.05, 0) is 5.56 Å². The van der Waals surface area contributed by atoms with Crippen LogP contribution in [0.25, 0.3) is 0 Å². The molecule has 1 N–H and O–H groups in total. The minimum Gasteiger partial charge on any atom is -0.305 e. The second-order valence-corrected chi connectivity index (χ2v) is 4.72. The van der Waals surface area contributed by atoms with E-state index in [1.807, 2.05) is 0 Å². The van der Waals surface area contributed by atoms with Gasteiger partial charge < -0.3 is 4.55 Å². The molecule has 2 atom stereocenters. The lowest BCUT2D eigenvalue weighted by molar-refractivity contribution is -0.384. The van der Waals surface area contributed by atoms with Crippen LogP contribution in [0.1, 0.15) is 5.56 Å². The highest BCUT2D eigenvalue weighted by Crippen LogP contribution is 2.16. The summed E-state index contributed by atoms with van der Waals surface area (Å²) in [5.41, 5.74) is 0.506. The van der Waals surface area contributed by atoms with Gasteiger partial charge in [0.1, 0.15) is 4.71 Å². The maximum absolute atomic E-state index is 10.6. The molecule has 0 aromatic heterocycles. The zero-order valence-electron chi connectivity index (χ0n) is 7.50. The summed E-state index contributed by atoms with van der Waals surface area (Å²) >= 11 is 3.43. The Hall–Kier alpha value is -0.980. The van der Waals surface area contributed by atoms with Crippen LogP contribution in [0.3, 0.4) is 0 Å². The molecule has 0 saturated carbocycles. The topological polar surface area (TPSA) is 80.4 Å². The predicted octanol–water partition coefficient (Wildman–Crippen LogP) is 1.92. The van der Waals surface area contributed by atoms with Gasteiger partial charge in [-0.3, -0.25) is 10.1 Å². The SMILES string of the molecule is O=[N+]([O-])c1cccc(CC(Cl)S(=O)O)c1. The van der Waals surface area contributed by atoms with Crippen molar-refractivity contribution >= 4 is 28.4 Å². The van der Waals surface area contributed by atoms with Crippen molar-refractivity contribution in [3.05, 3.63) is 39.9 Å². The molecule has 7 heteroatoms. The molecule has 2 unspecified atom stereocenters. The van der Waals surface area contributed by atoms with Gasteiger partial charge in [0.2, 0.25) is 0 Å².